The van der Waals surface area contributed by atoms with Crippen LogP contribution in [0.2, 0.25) is 0 Å². The minimum atomic E-state index is 0.104. The molecule has 17 heavy (non-hydrogen) atoms. The van der Waals surface area contributed by atoms with E-state index in [1.165, 1.54) is 37.0 Å². The van der Waals surface area contributed by atoms with Crippen LogP contribution in [-0.4, -0.2) is 12.6 Å². The van der Waals surface area contributed by atoms with Gasteiger partial charge >= 0.3 is 0 Å². The first kappa shape index (κ1) is 13.1. The lowest BCUT2D eigenvalue weighted by Crippen LogP contribution is -2.30. The third-order valence-corrected chi connectivity index (χ3v) is 4.74. The molecule has 96 valence electrons. The maximum Gasteiger partial charge on any atom is 0.104 e. The van der Waals surface area contributed by atoms with Crippen molar-refractivity contribution in [3.63, 3.8) is 0 Å². The molecule has 1 aromatic heterocycles. The Morgan fingerprint density at radius 1 is 1.47 bits per heavy atom. The van der Waals surface area contributed by atoms with E-state index in [1.807, 2.05) is 0 Å². The van der Waals surface area contributed by atoms with Crippen LogP contribution >= 0.6 is 11.3 Å². The van der Waals surface area contributed by atoms with Gasteiger partial charge in [-0.15, -0.1) is 11.3 Å². The van der Waals surface area contributed by atoms with E-state index in [-0.39, 0.29) is 6.10 Å². The molecule has 1 heterocycles. The highest BCUT2D eigenvalue weighted by Crippen LogP contribution is 2.33. The molecule has 3 atom stereocenters. The zero-order valence-electron chi connectivity index (χ0n) is 10.6. The summed E-state index contributed by atoms with van der Waals surface area (Å²) in [4.78, 5) is 1.27. The maximum atomic E-state index is 6.27. The average molecular weight is 253 g/mol. The van der Waals surface area contributed by atoms with Crippen molar-refractivity contribution in [2.24, 2.45) is 11.7 Å². The lowest BCUT2D eigenvalue weighted by atomic mass is 9.84. The predicted molar refractivity (Wildman–Crippen MR) is 73.2 cm³/mol. The third-order valence-electron chi connectivity index (χ3n) is 3.78. The van der Waals surface area contributed by atoms with E-state index in [2.05, 4.69) is 24.4 Å². The van der Waals surface area contributed by atoms with Gasteiger partial charge in [-0.1, -0.05) is 32.3 Å². The number of rotatable bonds is 5. The lowest BCUT2D eigenvalue weighted by molar-refractivity contribution is -0.0573. The van der Waals surface area contributed by atoms with Crippen molar-refractivity contribution in [3.8, 4) is 0 Å². The minimum absolute atomic E-state index is 0.104. The molecule has 1 aliphatic rings. The molecule has 3 heteroatoms. The first-order chi connectivity index (χ1) is 8.35. The summed E-state index contributed by atoms with van der Waals surface area (Å²) in [5, 5.41) is 2.10. The molecule has 0 bridgehead atoms. The van der Waals surface area contributed by atoms with Crippen LogP contribution in [0.1, 0.15) is 50.0 Å². The summed E-state index contributed by atoms with van der Waals surface area (Å²) in [6, 6.07) is 4.20. The molecule has 1 saturated carbocycles. The second-order valence-corrected chi connectivity index (χ2v) is 5.85. The fourth-order valence-corrected chi connectivity index (χ4v) is 3.52. The van der Waals surface area contributed by atoms with E-state index in [9.17, 15) is 0 Å². The normalized spacial score (nSPS) is 26.9. The second-order valence-electron chi connectivity index (χ2n) is 4.87. The highest BCUT2D eigenvalue weighted by atomic mass is 32.1. The van der Waals surface area contributed by atoms with E-state index in [1.54, 1.807) is 11.3 Å². The Morgan fingerprint density at radius 2 is 2.29 bits per heavy atom. The Bertz CT molecular complexity index is 312. The molecule has 0 aliphatic heterocycles. The van der Waals surface area contributed by atoms with Crippen molar-refractivity contribution in [3.05, 3.63) is 22.4 Å². The third kappa shape index (κ3) is 3.30. The average Bonchev–Trinajstić information content (AvgIpc) is 2.90. The number of thiophene rings is 1. The van der Waals surface area contributed by atoms with Crippen molar-refractivity contribution < 1.29 is 4.74 Å². The van der Waals surface area contributed by atoms with Crippen LogP contribution < -0.4 is 5.73 Å². The van der Waals surface area contributed by atoms with Crippen molar-refractivity contribution in [2.45, 2.75) is 51.2 Å². The Morgan fingerprint density at radius 3 is 2.94 bits per heavy atom. The van der Waals surface area contributed by atoms with E-state index >= 15 is 0 Å². The first-order valence-corrected chi connectivity index (χ1v) is 7.62. The van der Waals surface area contributed by atoms with Gasteiger partial charge in [0, 0.05) is 11.4 Å². The van der Waals surface area contributed by atoms with Crippen molar-refractivity contribution >= 4 is 11.3 Å². The molecule has 0 saturated heterocycles. The van der Waals surface area contributed by atoms with Gasteiger partial charge < -0.3 is 10.5 Å². The van der Waals surface area contributed by atoms with E-state index in [0.717, 1.165) is 5.92 Å². The summed E-state index contributed by atoms with van der Waals surface area (Å²) < 4.78 is 6.27. The molecule has 0 spiro atoms. The summed E-state index contributed by atoms with van der Waals surface area (Å²) >= 11 is 1.75. The Hall–Kier alpha value is -0.380. The molecule has 1 fully saturated rings. The van der Waals surface area contributed by atoms with Gasteiger partial charge in [0.15, 0.2) is 0 Å². The number of hydrogen-bond donors (Lipinski definition) is 1. The standard InChI is InChI=1S/C14H23NOS/c1-2-11-6-3-4-7-12(11)16-13(10-15)14-8-5-9-17-14/h5,8-9,11-13H,2-4,6-7,10,15H2,1H3. The Labute approximate surface area is 108 Å². The highest BCUT2D eigenvalue weighted by Gasteiger charge is 2.27. The summed E-state index contributed by atoms with van der Waals surface area (Å²) in [6.45, 7) is 2.86. The number of hydrogen-bond acceptors (Lipinski definition) is 3. The second kappa shape index (κ2) is 6.53. The van der Waals surface area contributed by atoms with Gasteiger partial charge in [-0.05, 0) is 30.2 Å². The van der Waals surface area contributed by atoms with Gasteiger partial charge in [-0.3, -0.25) is 0 Å². The van der Waals surface area contributed by atoms with Gasteiger partial charge in [-0.2, -0.15) is 0 Å². The maximum absolute atomic E-state index is 6.27. The smallest absolute Gasteiger partial charge is 0.104 e. The number of ether oxygens (including phenoxy) is 1. The van der Waals surface area contributed by atoms with Gasteiger partial charge in [0.25, 0.3) is 0 Å². The van der Waals surface area contributed by atoms with Gasteiger partial charge in [0.1, 0.15) is 6.10 Å². The minimum Gasteiger partial charge on any atom is -0.368 e. The molecule has 2 rings (SSSR count). The Kier molecular flexibility index (Phi) is 5.01. The van der Waals surface area contributed by atoms with Gasteiger partial charge in [0.05, 0.1) is 6.10 Å². The number of nitrogens with two attached hydrogens (primary N) is 1. The van der Waals surface area contributed by atoms with Crippen LogP contribution in [0.5, 0.6) is 0 Å². The topological polar surface area (TPSA) is 35.2 Å². The van der Waals surface area contributed by atoms with Crippen LogP contribution in [0.3, 0.4) is 0 Å². The zero-order valence-corrected chi connectivity index (χ0v) is 11.4. The first-order valence-electron chi connectivity index (χ1n) is 6.74. The molecule has 0 aromatic carbocycles. The van der Waals surface area contributed by atoms with Crippen LogP contribution in [0.4, 0.5) is 0 Å². The lowest BCUT2D eigenvalue weighted by Gasteiger charge is -2.33. The van der Waals surface area contributed by atoms with E-state index in [4.69, 9.17) is 10.5 Å². The fraction of sp³-hybridized carbons (Fsp3) is 0.714. The van der Waals surface area contributed by atoms with Crippen molar-refractivity contribution in [1.82, 2.24) is 0 Å². The monoisotopic (exact) mass is 253 g/mol. The van der Waals surface area contributed by atoms with Crippen LogP contribution in [-0.2, 0) is 4.74 Å². The van der Waals surface area contributed by atoms with Crippen LogP contribution in [0.15, 0.2) is 17.5 Å². The molecule has 1 aliphatic carbocycles. The Balaban J connectivity index is 1.97. The molecule has 3 unspecified atom stereocenters. The fourth-order valence-electron chi connectivity index (χ4n) is 2.74. The van der Waals surface area contributed by atoms with Crippen molar-refractivity contribution in [2.75, 3.05) is 6.54 Å². The van der Waals surface area contributed by atoms with Gasteiger partial charge in [-0.25, -0.2) is 0 Å². The summed E-state index contributed by atoms with van der Waals surface area (Å²) in [6.07, 6.45) is 6.96. The SMILES string of the molecule is CCC1CCCCC1OC(CN)c1cccs1. The molecule has 1 aromatic rings. The summed E-state index contributed by atoms with van der Waals surface area (Å²) in [5.41, 5.74) is 5.85. The van der Waals surface area contributed by atoms with E-state index in [0.29, 0.717) is 12.6 Å². The largest absolute Gasteiger partial charge is 0.368 e. The quantitative estimate of drug-likeness (QED) is 0.867. The van der Waals surface area contributed by atoms with Crippen LogP contribution in [0, 0.1) is 5.92 Å². The molecule has 0 radical (unpaired) electrons. The molecule has 2 N–H and O–H groups in total. The highest BCUT2D eigenvalue weighted by molar-refractivity contribution is 7.10. The molecule has 0 amide bonds. The predicted octanol–water partition coefficient (Wildman–Crippen LogP) is 3.73. The summed E-state index contributed by atoms with van der Waals surface area (Å²) in [7, 11) is 0. The van der Waals surface area contributed by atoms with Crippen LogP contribution in [0.25, 0.3) is 0 Å². The zero-order chi connectivity index (χ0) is 12.1. The van der Waals surface area contributed by atoms with Crippen molar-refractivity contribution in [1.29, 1.82) is 0 Å². The molecule has 2 nitrogen and oxygen atoms in total. The van der Waals surface area contributed by atoms with Gasteiger partial charge in [0.2, 0.25) is 0 Å². The molecular weight excluding hydrogens is 230 g/mol. The molecular formula is C14H23NOS. The van der Waals surface area contributed by atoms with E-state index < -0.39 is 0 Å². The summed E-state index contributed by atoms with van der Waals surface area (Å²) in [5.74, 6) is 0.734.